The number of aliphatic hydroxyl groups is 1. The molecule has 0 aromatic heterocycles. The van der Waals surface area contributed by atoms with Crippen LogP contribution in [0.2, 0.25) is 0 Å². The number of fused-ring (bicyclic) bond motifs is 1. The van der Waals surface area contributed by atoms with E-state index in [4.69, 9.17) is 4.74 Å². The van der Waals surface area contributed by atoms with Gasteiger partial charge in [0.25, 0.3) is 0 Å². The molecule has 0 aliphatic carbocycles. The highest BCUT2D eigenvalue weighted by Gasteiger charge is 2.29. The quantitative estimate of drug-likeness (QED) is 0.804. The van der Waals surface area contributed by atoms with Crippen molar-refractivity contribution in [3.8, 4) is 5.75 Å². The van der Waals surface area contributed by atoms with Crippen LogP contribution in [0.1, 0.15) is 31.9 Å². The number of rotatable bonds is 2. The molecule has 1 aliphatic rings. The Labute approximate surface area is 90.9 Å². The molecule has 2 nitrogen and oxygen atoms in total. The van der Waals surface area contributed by atoms with Gasteiger partial charge in [-0.25, -0.2) is 0 Å². The molecule has 0 saturated heterocycles. The Hall–Kier alpha value is -1.02. The zero-order valence-corrected chi connectivity index (χ0v) is 9.58. The zero-order chi connectivity index (χ0) is 11.1. The molecular weight excluding hydrogens is 188 g/mol. The normalized spacial score (nSPS) is 19.5. The summed E-state index contributed by atoms with van der Waals surface area (Å²) in [6.45, 7) is 6.01. The van der Waals surface area contributed by atoms with Crippen molar-refractivity contribution in [2.24, 2.45) is 0 Å². The predicted molar refractivity (Wildman–Crippen MR) is 60.2 cm³/mol. The third-order valence-corrected chi connectivity index (χ3v) is 2.66. The molecule has 15 heavy (non-hydrogen) atoms. The SMILES string of the molecule is CC(O)Cc1ccc2c(c1)CC(C)(C)O2. The van der Waals surface area contributed by atoms with Gasteiger partial charge >= 0.3 is 0 Å². The Morgan fingerprint density at radius 1 is 1.47 bits per heavy atom. The van der Waals surface area contributed by atoms with Gasteiger partial charge in [0.1, 0.15) is 11.4 Å². The van der Waals surface area contributed by atoms with Crippen LogP contribution in [0.25, 0.3) is 0 Å². The number of hydrogen-bond acceptors (Lipinski definition) is 2. The Morgan fingerprint density at radius 3 is 2.87 bits per heavy atom. The van der Waals surface area contributed by atoms with E-state index in [1.807, 2.05) is 19.1 Å². The molecule has 0 amide bonds. The van der Waals surface area contributed by atoms with Crippen molar-refractivity contribution in [2.75, 3.05) is 0 Å². The van der Waals surface area contributed by atoms with Crippen molar-refractivity contribution in [3.05, 3.63) is 29.3 Å². The summed E-state index contributed by atoms with van der Waals surface area (Å²) >= 11 is 0. The van der Waals surface area contributed by atoms with Gasteiger partial charge in [-0.1, -0.05) is 12.1 Å². The standard InChI is InChI=1S/C13H18O2/c1-9(14)6-10-4-5-12-11(7-10)8-13(2,3)15-12/h4-5,7,9,14H,6,8H2,1-3H3. The molecule has 82 valence electrons. The zero-order valence-electron chi connectivity index (χ0n) is 9.58. The molecule has 1 aliphatic heterocycles. The van der Waals surface area contributed by atoms with Crippen molar-refractivity contribution in [1.29, 1.82) is 0 Å². The van der Waals surface area contributed by atoms with Crippen LogP contribution in [0.3, 0.4) is 0 Å². The van der Waals surface area contributed by atoms with Crippen LogP contribution >= 0.6 is 0 Å². The smallest absolute Gasteiger partial charge is 0.123 e. The number of hydrogen-bond donors (Lipinski definition) is 1. The summed E-state index contributed by atoms with van der Waals surface area (Å²) in [5.41, 5.74) is 2.37. The summed E-state index contributed by atoms with van der Waals surface area (Å²) in [6, 6.07) is 6.20. The summed E-state index contributed by atoms with van der Waals surface area (Å²) in [5.74, 6) is 0.995. The third-order valence-electron chi connectivity index (χ3n) is 2.66. The lowest BCUT2D eigenvalue weighted by Gasteiger charge is -2.16. The Balaban J connectivity index is 2.23. The molecule has 2 heteroatoms. The lowest BCUT2D eigenvalue weighted by atomic mass is 9.99. The first-order valence-corrected chi connectivity index (χ1v) is 5.45. The molecule has 0 radical (unpaired) electrons. The van der Waals surface area contributed by atoms with E-state index in [0.717, 1.165) is 12.2 Å². The summed E-state index contributed by atoms with van der Waals surface area (Å²) in [7, 11) is 0. The Bertz CT molecular complexity index is 367. The Kier molecular flexibility index (Phi) is 2.47. The van der Waals surface area contributed by atoms with E-state index in [9.17, 15) is 5.11 Å². The van der Waals surface area contributed by atoms with Crippen molar-refractivity contribution in [3.63, 3.8) is 0 Å². The highest BCUT2D eigenvalue weighted by atomic mass is 16.5. The topological polar surface area (TPSA) is 29.5 Å². The van der Waals surface area contributed by atoms with Gasteiger partial charge in [0.15, 0.2) is 0 Å². The minimum absolute atomic E-state index is 0.0776. The molecule has 2 rings (SSSR count). The van der Waals surface area contributed by atoms with Crippen LogP contribution in [0.15, 0.2) is 18.2 Å². The second-order valence-corrected chi connectivity index (χ2v) is 5.03. The highest BCUT2D eigenvalue weighted by Crippen LogP contribution is 2.35. The fourth-order valence-electron chi connectivity index (χ4n) is 2.13. The van der Waals surface area contributed by atoms with E-state index in [2.05, 4.69) is 19.9 Å². The molecule has 1 aromatic carbocycles. The van der Waals surface area contributed by atoms with Gasteiger partial charge in [-0.3, -0.25) is 0 Å². The van der Waals surface area contributed by atoms with Crippen molar-refractivity contribution < 1.29 is 9.84 Å². The van der Waals surface area contributed by atoms with E-state index >= 15 is 0 Å². The van der Waals surface area contributed by atoms with Crippen LogP contribution in [0.5, 0.6) is 5.75 Å². The molecule has 1 unspecified atom stereocenters. The maximum atomic E-state index is 9.33. The molecule has 0 spiro atoms. The first kappa shape index (κ1) is 10.5. The molecule has 1 N–H and O–H groups in total. The summed E-state index contributed by atoms with van der Waals surface area (Å²) in [6.07, 6.45) is 1.39. The van der Waals surface area contributed by atoms with Crippen LogP contribution in [0, 0.1) is 0 Å². The third kappa shape index (κ3) is 2.32. The van der Waals surface area contributed by atoms with Crippen molar-refractivity contribution in [1.82, 2.24) is 0 Å². The van der Waals surface area contributed by atoms with Gasteiger partial charge in [-0.2, -0.15) is 0 Å². The second kappa shape index (κ2) is 3.53. The fraction of sp³-hybridized carbons (Fsp3) is 0.538. The van der Waals surface area contributed by atoms with Crippen molar-refractivity contribution >= 4 is 0 Å². The molecule has 1 heterocycles. The number of ether oxygens (including phenoxy) is 1. The lowest BCUT2D eigenvalue weighted by Crippen LogP contribution is -2.24. The molecule has 1 aromatic rings. The van der Waals surface area contributed by atoms with Crippen LogP contribution < -0.4 is 4.74 Å². The van der Waals surface area contributed by atoms with E-state index in [0.29, 0.717) is 6.42 Å². The maximum absolute atomic E-state index is 9.33. The van der Waals surface area contributed by atoms with Gasteiger partial charge in [0.2, 0.25) is 0 Å². The van der Waals surface area contributed by atoms with Gasteiger partial charge in [-0.15, -0.1) is 0 Å². The van der Waals surface area contributed by atoms with Gasteiger partial charge in [0, 0.05) is 6.42 Å². The molecule has 1 atom stereocenters. The summed E-state index contributed by atoms with van der Waals surface area (Å²) in [4.78, 5) is 0. The van der Waals surface area contributed by atoms with E-state index in [-0.39, 0.29) is 11.7 Å². The average molecular weight is 206 g/mol. The maximum Gasteiger partial charge on any atom is 0.123 e. The minimum atomic E-state index is -0.279. The van der Waals surface area contributed by atoms with Crippen LogP contribution in [0.4, 0.5) is 0 Å². The van der Waals surface area contributed by atoms with Crippen LogP contribution in [-0.4, -0.2) is 16.8 Å². The first-order chi connectivity index (χ1) is 6.96. The predicted octanol–water partition coefficient (Wildman–Crippen LogP) is 2.32. The largest absolute Gasteiger partial charge is 0.487 e. The summed E-state index contributed by atoms with van der Waals surface area (Å²) < 4.78 is 5.79. The molecule has 0 bridgehead atoms. The number of benzene rings is 1. The lowest BCUT2D eigenvalue weighted by molar-refractivity contribution is 0.138. The minimum Gasteiger partial charge on any atom is -0.487 e. The monoisotopic (exact) mass is 206 g/mol. The van der Waals surface area contributed by atoms with Gasteiger partial charge in [0.05, 0.1) is 6.10 Å². The van der Waals surface area contributed by atoms with Gasteiger partial charge < -0.3 is 9.84 Å². The highest BCUT2D eigenvalue weighted by molar-refractivity contribution is 5.41. The van der Waals surface area contributed by atoms with Crippen molar-refractivity contribution in [2.45, 2.75) is 45.3 Å². The molecular formula is C13H18O2. The van der Waals surface area contributed by atoms with E-state index in [1.165, 1.54) is 11.1 Å². The first-order valence-electron chi connectivity index (χ1n) is 5.45. The average Bonchev–Trinajstić information content (AvgIpc) is 2.36. The van der Waals surface area contributed by atoms with Gasteiger partial charge in [-0.05, 0) is 44.4 Å². The number of aliphatic hydroxyl groups excluding tert-OH is 1. The van der Waals surface area contributed by atoms with Crippen LogP contribution in [-0.2, 0) is 12.8 Å². The van der Waals surface area contributed by atoms with E-state index < -0.39 is 0 Å². The molecule has 0 fully saturated rings. The fourth-order valence-corrected chi connectivity index (χ4v) is 2.13. The second-order valence-electron chi connectivity index (χ2n) is 5.03. The molecule has 0 saturated carbocycles. The summed E-state index contributed by atoms with van der Waals surface area (Å²) in [5, 5.41) is 9.33. The Morgan fingerprint density at radius 2 is 2.20 bits per heavy atom. The van der Waals surface area contributed by atoms with E-state index in [1.54, 1.807) is 0 Å².